The maximum absolute atomic E-state index is 12.1. The molecule has 0 radical (unpaired) electrons. The van der Waals surface area contributed by atoms with Crippen molar-refractivity contribution in [1.82, 2.24) is 0 Å². The third kappa shape index (κ3) is 4.94. The Labute approximate surface area is 129 Å². The van der Waals surface area contributed by atoms with E-state index in [9.17, 15) is 4.21 Å². The van der Waals surface area contributed by atoms with Gasteiger partial charge in [0.1, 0.15) is 0 Å². The van der Waals surface area contributed by atoms with E-state index in [-0.39, 0.29) is 0 Å². The Bertz CT molecular complexity index is 627. The van der Waals surface area contributed by atoms with Crippen LogP contribution in [0.25, 0.3) is 0 Å². The van der Waals surface area contributed by atoms with Crippen LogP contribution in [0.2, 0.25) is 0 Å². The molecule has 3 heteroatoms. The molecule has 2 rings (SSSR count). The van der Waals surface area contributed by atoms with E-state index < -0.39 is 11.0 Å². The van der Waals surface area contributed by atoms with Crippen molar-refractivity contribution in [3.05, 3.63) is 65.2 Å². The van der Waals surface area contributed by atoms with E-state index in [0.29, 0.717) is 5.92 Å². The zero-order valence-electron chi connectivity index (χ0n) is 12.7. The molecule has 0 fully saturated rings. The fourth-order valence-electron chi connectivity index (χ4n) is 2.04. The number of aryl methyl sites for hydroxylation is 1. The minimum atomic E-state index is -1.34. The van der Waals surface area contributed by atoms with Gasteiger partial charge in [-0.25, -0.2) is 4.21 Å². The smallest absolute Gasteiger partial charge is 0.172 e. The van der Waals surface area contributed by atoms with Gasteiger partial charge in [0.2, 0.25) is 0 Å². The summed E-state index contributed by atoms with van der Waals surface area (Å²) in [4.78, 5) is 0.730. The molecule has 1 atom stereocenters. The fraction of sp³-hybridized carbons (Fsp3) is 0.278. The summed E-state index contributed by atoms with van der Waals surface area (Å²) in [7, 11) is -1.34. The lowest BCUT2D eigenvalue weighted by atomic mass is 10.0. The van der Waals surface area contributed by atoms with Crippen molar-refractivity contribution in [3.8, 4) is 0 Å². The molecule has 0 aliphatic heterocycles. The monoisotopic (exact) mass is 299 g/mol. The second-order valence-corrected chi connectivity index (χ2v) is 6.82. The van der Waals surface area contributed by atoms with Crippen molar-refractivity contribution in [2.45, 2.75) is 32.1 Å². The van der Waals surface area contributed by atoms with Crippen LogP contribution in [0.1, 0.15) is 30.5 Å². The average Bonchev–Trinajstić information content (AvgIpc) is 2.46. The lowest BCUT2D eigenvalue weighted by Gasteiger charge is -2.04. The summed E-state index contributed by atoms with van der Waals surface area (Å²) in [5.41, 5.74) is 3.45. The van der Waals surface area contributed by atoms with Crippen LogP contribution >= 0.6 is 0 Å². The van der Waals surface area contributed by atoms with Crippen molar-refractivity contribution in [1.29, 1.82) is 0 Å². The highest BCUT2D eigenvalue weighted by atomic mass is 32.2. The summed E-state index contributed by atoms with van der Waals surface area (Å²) < 4.78 is 16.2. The molecule has 0 bridgehead atoms. The number of benzene rings is 2. The first kappa shape index (κ1) is 15.6. The number of nitrogens with zero attached hydrogens (tertiary/aromatic N) is 1. The Morgan fingerprint density at radius 3 is 2.24 bits per heavy atom. The van der Waals surface area contributed by atoms with Crippen LogP contribution < -0.4 is 0 Å². The molecule has 0 saturated heterocycles. The van der Waals surface area contributed by atoms with Gasteiger partial charge in [-0.3, -0.25) is 0 Å². The molecule has 0 N–H and O–H groups in total. The second-order valence-electron chi connectivity index (χ2n) is 5.64. The van der Waals surface area contributed by atoms with Gasteiger partial charge in [0, 0.05) is 6.21 Å². The first-order valence-electron chi connectivity index (χ1n) is 7.16. The molecule has 0 saturated carbocycles. The molecule has 0 spiro atoms. The Balaban J connectivity index is 2.03. The summed E-state index contributed by atoms with van der Waals surface area (Å²) >= 11 is 0. The van der Waals surface area contributed by atoms with Crippen LogP contribution in [-0.4, -0.2) is 10.4 Å². The van der Waals surface area contributed by atoms with Crippen molar-refractivity contribution in [2.24, 2.45) is 10.3 Å². The largest absolute Gasteiger partial charge is 0.229 e. The Kier molecular flexibility index (Phi) is 5.45. The maximum Gasteiger partial charge on any atom is 0.172 e. The zero-order chi connectivity index (χ0) is 15.2. The van der Waals surface area contributed by atoms with E-state index >= 15 is 0 Å². The van der Waals surface area contributed by atoms with Gasteiger partial charge >= 0.3 is 0 Å². The minimum Gasteiger partial charge on any atom is -0.229 e. The third-order valence-corrected chi connectivity index (χ3v) is 4.12. The molecule has 0 aromatic heterocycles. The summed E-state index contributed by atoms with van der Waals surface area (Å²) in [6.07, 6.45) is 2.75. The predicted molar refractivity (Wildman–Crippen MR) is 90.2 cm³/mol. The van der Waals surface area contributed by atoms with Crippen LogP contribution in [0.15, 0.2) is 57.8 Å². The van der Waals surface area contributed by atoms with Crippen molar-refractivity contribution in [2.75, 3.05) is 0 Å². The molecule has 2 aromatic rings. The fourth-order valence-corrected chi connectivity index (χ4v) is 2.74. The average molecular weight is 299 g/mol. The van der Waals surface area contributed by atoms with Crippen LogP contribution in [0.3, 0.4) is 0 Å². The van der Waals surface area contributed by atoms with E-state index in [0.717, 1.165) is 22.4 Å². The molecular weight excluding hydrogens is 278 g/mol. The van der Waals surface area contributed by atoms with E-state index in [1.54, 1.807) is 6.21 Å². The highest BCUT2D eigenvalue weighted by Crippen LogP contribution is 2.11. The summed E-state index contributed by atoms with van der Waals surface area (Å²) in [5.74, 6) is 0.651. The van der Waals surface area contributed by atoms with E-state index in [2.05, 4.69) is 30.4 Å². The van der Waals surface area contributed by atoms with Gasteiger partial charge in [0.25, 0.3) is 0 Å². The van der Waals surface area contributed by atoms with E-state index in [1.807, 2.05) is 43.3 Å². The van der Waals surface area contributed by atoms with Crippen molar-refractivity contribution in [3.63, 3.8) is 0 Å². The number of rotatable bonds is 5. The first-order valence-corrected chi connectivity index (χ1v) is 8.27. The lowest BCUT2D eigenvalue weighted by molar-refractivity contribution is 0.647. The Morgan fingerprint density at radius 1 is 1.05 bits per heavy atom. The molecule has 0 aliphatic rings. The van der Waals surface area contributed by atoms with Gasteiger partial charge in [-0.1, -0.05) is 55.8 Å². The summed E-state index contributed by atoms with van der Waals surface area (Å²) in [6.45, 7) is 6.43. The van der Waals surface area contributed by atoms with E-state index in [1.165, 1.54) is 5.56 Å². The molecule has 110 valence electrons. The van der Waals surface area contributed by atoms with Crippen LogP contribution in [0.5, 0.6) is 0 Å². The van der Waals surface area contributed by atoms with E-state index in [4.69, 9.17) is 0 Å². The topological polar surface area (TPSA) is 29.4 Å². The van der Waals surface area contributed by atoms with Gasteiger partial charge in [0.15, 0.2) is 11.0 Å². The third-order valence-electron chi connectivity index (χ3n) is 3.14. The molecule has 2 aromatic carbocycles. The summed E-state index contributed by atoms with van der Waals surface area (Å²) in [6, 6.07) is 15.9. The minimum absolute atomic E-state index is 0.651. The van der Waals surface area contributed by atoms with Crippen molar-refractivity contribution < 1.29 is 4.21 Å². The molecule has 0 heterocycles. The normalized spacial score (nSPS) is 13.0. The molecule has 1 unspecified atom stereocenters. The van der Waals surface area contributed by atoms with Gasteiger partial charge in [-0.05, 0) is 42.5 Å². The maximum atomic E-state index is 12.1. The number of hydrogen-bond donors (Lipinski definition) is 0. The SMILES string of the molecule is Cc1ccc(S(=O)/N=C/c2ccc(CC(C)C)cc2)cc1. The number of hydrogen-bond acceptors (Lipinski definition) is 1. The highest BCUT2D eigenvalue weighted by Gasteiger charge is 2.01. The first-order chi connectivity index (χ1) is 10.0. The lowest BCUT2D eigenvalue weighted by Crippen LogP contribution is -1.94. The predicted octanol–water partition coefficient (Wildman–Crippen LogP) is 4.34. The van der Waals surface area contributed by atoms with Gasteiger partial charge in [-0.2, -0.15) is 4.40 Å². The Morgan fingerprint density at radius 2 is 1.67 bits per heavy atom. The zero-order valence-corrected chi connectivity index (χ0v) is 13.6. The van der Waals surface area contributed by atoms with Gasteiger partial charge in [0.05, 0.1) is 4.90 Å². The van der Waals surface area contributed by atoms with Crippen LogP contribution in [-0.2, 0) is 17.4 Å². The van der Waals surface area contributed by atoms with Crippen LogP contribution in [0.4, 0.5) is 0 Å². The molecular formula is C18H21NOS. The second kappa shape index (κ2) is 7.32. The van der Waals surface area contributed by atoms with Gasteiger partial charge in [-0.15, -0.1) is 0 Å². The van der Waals surface area contributed by atoms with Gasteiger partial charge < -0.3 is 0 Å². The highest BCUT2D eigenvalue weighted by molar-refractivity contribution is 7.83. The van der Waals surface area contributed by atoms with Crippen LogP contribution in [0, 0.1) is 12.8 Å². The molecule has 0 aliphatic carbocycles. The molecule has 0 amide bonds. The van der Waals surface area contributed by atoms with Crippen molar-refractivity contribution >= 4 is 17.2 Å². The molecule has 2 nitrogen and oxygen atoms in total. The Hall–Kier alpha value is -1.74. The summed E-state index contributed by atoms with van der Waals surface area (Å²) in [5, 5.41) is 0. The molecule has 21 heavy (non-hydrogen) atoms. The standard InChI is InChI=1S/C18H21NOS/c1-14(2)12-16-6-8-17(9-7-16)13-19-21(20)18-10-4-15(3)5-11-18/h4-11,13-14H,12H2,1-3H3/b19-13+. The quantitative estimate of drug-likeness (QED) is 0.755.